The summed E-state index contributed by atoms with van der Waals surface area (Å²) in [5.41, 5.74) is 2.18. The van der Waals surface area contributed by atoms with Gasteiger partial charge in [-0.15, -0.1) is 10.2 Å². The minimum atomic E-state index is 0.307. The predicted octanol–water partition coefficient (Wildman–Crippen LogP) is 2.40. The van der Waals surface area contributed by atoms with Crippen molar-refractivity contribution < 1.29 is 4.74 Å². The molecule has 0 bridgehead atoms. The van der Waals surface area contributed by atoms with Crippen LogP contribution < -0.4 is 5.32 Å². The van der Waals surface area contributed by atoms with Crippen molar-refractivity contribution in [2.45, 2.75) is 12.3 Å². The van der Waals surface area contributed by atoms with Gasteiger partial charge >= 0.3 is 0 Å². The fourth-order valence-corrected chi connectivity index (χ4v) is 3.37. The highest BCUT2D eigenvalue weighted by Crippen LogP contribution is 2.29. The Kier molecular flexibility index (Phi) is 3.08. The lowest BCUT2D eigenvalue weighted by molar-refractivity contribution is 0.193. The van der Waals surface area contributed by atoms with Crippen LogP contribution in [0, 0.1) is 0 Å². The molecule has 3 aromatic rings. The van der Waals surface area contributed by atoms with Gasteiger partial charge in [-0.25, -0.2) is 0 Å². The van der Waals surface area contributed by atoms with Gasteiger partial charge in [0.2, 0.25) is 4.96 Å². The Hall–Kier alpha value is -1.99. The lowest BCUT2D eigenvalue weighted by atomic mass is 10.1. The molecule has 7 heteroatoms. The zero-order chi connectivity index (χ0) is 14.2. The summed E-state index contributed by atoms with van der Waals surface area (Å²) in [5.74, 6) is 1.22. The van der Waals surface area contributed by atoms with E-state index in [4.69, 9.17) is 4.74 Å². The normalized spacial score (nSPS) is 18.4. The molecule has 1 fully saturated rings. The molecule has 1 unspecified atom stereocenters. The Bertz CT molecular complexity index is 757. The van der Waals surface area contributed by atoms with Crippen LogP contribution in [0.2, 0.25) is 0 Å². The van der Waals surface area contributed by atoms with E-state index in [9.17, 15) is 0 Å². The van der Waals surface area contributed by atoms with Gasteiger partial charge in [-0.1, -0.05) is 11.3 Å². The van der Waals surface area contributed by atoms with Gasteiger partial charge in [0.1, 0.15) is 5.01 Å². The van der Waals surface area contributed by atoms with Crippen LogP contribution in [0.25, 0.3) is 15.5 Å². The maximum absolute atomic E-state index is 5.43. The minimum Gasteiger partial charge on any atom is -0.388 e. The summed E-state index contributed by atoms with van der Waals surface area (Å²) in [6.45, 7) is 1.51. The highest BCUT2D eigenvalue weighted by Gasteiger charge is 2.24. The summed E-state index contributed by atoms with van der Waals surface area (Å²) in [5, 5.41) is 17.3. The second-order valence-electron chi connectivity index (χ2n) is 5.05. The molecule has 1 aliphatic heterocycles. The Labute approximate surface area is 125 Å². The molecule has 0 radical (unpaired) electrons. The molecule has 1 atom stereocenters. The molecular formula is C14H15N5OS. The third kappa shape index (κ3) is 2.18. The Balaban J connectivity index is 1.72. The molecule has 1 N–H and O–H groups in total. The van der Waals surface area contributed by atoms with Crippen LogP contribution in [0.5, 0.6) is 0 Å². The van der Waals surface area contributed by atoms with Gasteiger partial charge in [-0.05, 0) is 30.7 Å². The van der Waals surface area contributed by atoms with E-state index < -0.39 is 0 Å². The summed E-state index contributed by atoms with van der Waals surface area (Å²) in [6, 6.07) is 8.22. The molecule has 0 spiro atoms. The number of nitrogens with zero attached hydrogens (tertiary/aromatic N) is 4. The molecular weight excluding hydrogens is 286 g/mol. The second kappa shape index (κ2) is 5.09. The topological polar surface area (TPSA) is 64.3 Å². The molecule has 1 aliphatic rings. The smallest absolute Gasteiger partial charge is 0.234 e. The number of anilines is 1. The quantitative estimate of drug-likeness (QED) is 0.805. The zero-order valence-corrected chi connectivity index (χ0v) is 12.4. The van der Waals surface area contributed by atoms with Crippen molar-refractivity contribution in [1.82, 2.24) is 19.8 Å². The number of benzene rings is 1. The van der Waals surface area contributed by atoms with Crippen LogP contribution in [-0.4, -0.2) is 40.1 Å². The number of fused-ring (bicyclic) bond motifs is 1. The summed E-state index contributed by atoms with van der Waals surface area (Å²) in [4.78, 5) is 0.838. The average Bonchev–Trinajstić information content (AvgIpc) is 3.23. The molecule has 0 aliphatic carbocycles. The molecule has 0 amide bonds. The van der Waals surface area contributed by atoms with Crippen molar-refractivity contribution >= 4 is 22.0 Å². The summed E-state index contributed by atoms with van der Waals surface area (Å²) < 4.78 is 7.30. The van der Waals surface area contributed by atoms with Gasteiger partial charge in [0.05, 0.1) is 6.61 Å². The van der Waals surface area contributed by atoms with E-state index in [2.05, 4.69) is 32.7 Å². The van der Waals surface area contributed by atoms with Crippen molar-refractivity contribution in [3.05, 3.63) is 30.1 Å². The highest BCUT2D eigenvalue weighted by atomic mass is 32.1. The van der Waals surface area contributed by atoms with E-state index >= 15 is 0 Å². The van der Waals surface area contributed by atoms with E-state index in [1.807, 2.05) is 23.7 Å². The molecule has 21 heavy (non-hydrogen) atoms. The average molecular weight is 301 g/mol. The maximum atomic E-state index is 5.43. The lowest BCUT2D eigenvalue weighted by Crippen LogP contribution is -2.04. The molecule has 1 aromatic carbocycles. The molecule has 2 aromatic heterocycles. The number of hydrogen-bond donors (Lipinski definition) is 1. The van der Waals surface area contributed by atoms with E-state index in [1.54, 1.807) is 11.3 Å². The van der Waals surface area contributed by atoms with E-state index in [0.29, 0.717) is 12.5 Å². The van der Waals surface area contributed by atoms with Crippen molar-refractivity contribution in [2.24, 2.45) is 0 Å². The molecule has 1 saturated heterocycles. The van der Waals surface area contributed by atoms with Crippen LogP contribution >= 0.6 is 11.3 Å². The predicted molar refractivity (Wildman–Crippen MR) is 81.8 cm³/mol. The third-order valence-corrected chi connectivity index (χ3v) is 4.68. The van der Waals surface area contributed by atoms with Crippen LogP contribution in [-0.2, 0) is 4.74 Å². The summed E-state index contributed by atoms with van der Waals surface area (Å²) in [7, 11) is 1.91. The Morgan fingerprint density at radius 2 is 2.14 bits per heavy atom. The highest BCUT2D eigenvalue weighted by molar-refractivity contribution is 7.19. The maximum Gasteiger partial charge on any atom is 0.234 e. The number of nitrogens with one attached hydrogen (secondary N) is 1. The van der Waals surface area contributed by atoms with Gasteiger partial charge in [0.25, 0.3) is 0 Å². The van der Waals surface area contributed by atoms with Crippen LogP contribution in [0.4, 0.5) is 5.69 Å². The SMILES string of the molecule is CNc1ccc(-c2nn3c(C4CCOC4)nnc3s2)cc1. The molecule has 108 valence electrons. The summed E-state index contributed by atoms with van der Waals surface area (Å²) >= 11 is 1.56. The van der Waals surface area contributed by atoms with Crippen molar-refractivity contribution in [3.8, 4) is 10.6 Å². The fraction of sp³-hybridized carbons (Fsp3) is 0.357. The Morgan fingerprint density at radius 1 is 1.29 bits per heavy atom. The molecule has 4 rings (SSSR count). The standard InChI is InChI=1S/C14H15N5OS/c1-15-11-4-2-9(3-5-11)13-18-19-12(10-6-7-20-8-10)16-17-14(19)21-13/h2-5,10,15H,6-8H2,1H3. The van der Waals surface area contributed by atoms with Gasteiger partial charge in [0, 0.05) is 30.8 Å². The lowest BCUT2D eigenvalue weighted by Gasteiger charge is -2.02. The second-order valence-corrected chi connectivity index (χ2v) is 6.00. The first kappa shape index (κ1) is 12.7. The van der Waals surface area contributed by atoms with E-state index in [0.717, 1.165) is 40.1 Å². The monoisotopic (exact) mass is 301 g/mol. The fourth-order valence-electron chi connectivity index (χ4n) is 2.52. The van der Waals surface area contributed by atoms with E-state index in [-0.39, 0.29) is 0 Å². The third-order valence-electron chi connectivity index (χ3n) is 3.73. The minimum absolute atomic E-state index is 0.307. The van der Waals surface area contributed by atoms with Gasteiger partial charge in [-0.2, -0.15) is 9.61 Å². The number of ether oxygens (including phenoxy) is 1. The van der Waals surface area contributed by atoms with Gasteiger partial charge in [-0.3, -0.25) is 0 Å². The molecule has 0 saturated carbocycles. The van der Waals surface area contributed by atoms with Crippen LogP contribution in [0.15, 0.2) is 24.3 Å². The number of hydrogen-bond acceptors (Lipinski definition) is 6. The zero-order valence-electron chi connectivity index (χ0n) is 11.6. The van der Waals surface area contributed by atoms with Crippen molar-refractivity contribution in [2.75, 3.05) is 25.6 Å². The number of aromatic nitrogens is 4. The van der Waals surface area contributed by atoms with Crippen LogP contribution in [0.3, 0.4) is 0 Å². The Morgan fingerprint density at radius 3 is 2.86 bits per heavy atom. The van der Waals surface area contributed by atoms with Crippen LogP contribution in [0.1, 0.15) is 18.2 Å². The first-order valence-corrected chi connectivity index (χ1v) is 7.75. The van der Waals surface area contributed by atoms with Gasteiger partial charge < -0.3 is 10.1 Å². The molecule has 6 nitrogen and oxygen atoms in total. The van der Waals surface area contributed by atoms with E-state index in [1.165, 1.54) is 0 Å². The first-order valence-electron chi connectivity index (χ1n) is 6.93. The van der Waals surface area contributed by atoms with Gasteiger partial charge in [0.15, 0.2) is 5.82 Å². The van der Waals surface area contributed by atoms with Crippen molar-refractivity contribution in [1.29, 1.82) is 0 Å². The number of rotatable bonds is 3. The largest absolute Gasteiger partial charge is 0.388 e. The summed E-state index contributed by atoms with van der Waals surface area (Å²) in [6.07, 6.45) is 0.991. The van der Waals surface area contributed by atoms with Crippen molar-refractivity contribution in [3.63, 3.8) is 0 Å². The molecule has 3 heterocycles. The first-order chi connectivity index (χ1) is 10.3.